The minimum Gasteiger partial charge on any atom is -0.466 e. The van der Waals surface area contributed by atoms with Gasteiger partial charge in [0.15, 0.2) is 6.29 Å². The van der Waals surface area contributed by atoms with Gasteiger partial charge in [-0.25, -0.2) is 0 Å². The SMILES string of the molecule is CCCCCCCCCCCOC(=O)CCCCCN(CCCCCCCC(=O)OC(CCCCCCCC)CCCCCCCC)CCCC(O)OCCN1CCNCC1. The first-order chi connectivity index (χ1) is 30.0. The van der Waals surface area contributed by atoms with E-state index in [1.54, 1.807) is 0 Å². The number of nitrogens with zero attached hydrogens (tertiary/aromatic N) is 2. The highest BCUT2D eigenvalue weighted by Crippen LogP contribution is 2.19. The molecule has 0 amide bonds. The van der Waals surface area contributed by atoms with Crippen molar-refractivity contribution in [1.29, 1.82) is 0 Å². The van der Waals surface area contributed by atoms with E-state index in [4.69, 9.17) is 14.2 Å². The molecule has 2 N–H and O–H groups in total. The molecule has 1 rings (SSSR count). The number of aliphatic hydroxyl groups is 1. The normalized spacial score (nSPS) is 14.0. The van der Waals surface area contributed by atoms with E-state index in [1.165, 1.54) is 122 Å². The highest BCUT2D eigenvalue weighted by atomic mass is 16.6. The van der Waals surface area contributed by atoms with E-state index in [-0.39, 0.29) is 18.0 Å². The van der Waals surface area contributed by atoms with Crippen LogP contribution >= 0.6 is 0 Å². The van der Waals surface area contributed by atoms with E-state index >= 15 is 0 Å². The maximum atomic E-state index is 12.9. The number of esters is 2. The smallest absolute Gasteiger partial charge is 0.306 e. The van der Waals surface area contributed by atoms with Crippen LogP contribution in [-0.4, -0.2) is 105 Å². The Bertz CT molecular complexity index is 919. The van der Waals surface area contributed by atoms with Crippen LogP contribution in [-0.2, 0) is 23.8 Å². The molecule has 0 aromatic heterocycles. The predicted octanol–water partition coefficient (Wildman–Crippen LogP) is 12.7. The van der Waals surface area contributed by atoms with Gasteiger partial charge in [0.25, 0.3) is 0 Å². The number of nitrogens with one attached hydrogen (secondary N) is 1. The maximum Gasteiger partial charge on any atom is 0.306 e. The van der Waals surface area contributed by atoms with Gasteiger partial charge in [-0.15, -0.1) is 0 Å². The summed E-state index contributed by atoms with van der Waals surface area (Å²) in [5.41, 5.74) is 0. The number of hydrogen-bond donors (Lipinski definition) is 2. The Morgan fingerprint density at radius 2 is 0.967 bits per heavy atom. The van der Waals surface area contributed by atoms with Crippen LogP contribution < -0.4 is 5.32 Å². The fourth-order valence-corrected chi connectivity index (χ4v) is 8.56. The minimum atomic E-state index is -0.709. The van der Waals surface area contributed by atoms with Crippen molar-refractivity contribution in [2.75, 3.05) is 65.6 Å². The molecular formula is C52H103N3O6. The third-order valence-electron chi connectivity index (χ3n) is 12.6. The average molecular weight is 866 g/mol. The topological polar surface area (TPSA) is 101 Å². The van der Waals surface area contributed by atoms with Gasteiger partial charge in [0.05, 0.1) is 13.2 Å². The number of carbonyl (C=O) groups is 2. The molecule has 0 aliphatic carbocycles. The van der Waals surface area contributed by atoms with Crippen LogP contribution in [0.4, 0.5) is 0 Å². The summed E-state index contributed by atoms with van der Waals surface area (Å²) in [5, 5.41) is 13.9. The lowest BCUT2D eigenvalue weighted by atomic mass is 10.0. The van der Waals surface area contributed by atoms with E-state index in [0.29, 0.717) is 32.5 Å². The summed E-state index contributed by atoms with van der Waals surface area (Å²) in [6.45, 7) is 15.9. The predicted molar refractivity (Wildman–Crippen MR) is 257 cm³/mol. The molecule has 1 saturated heterocycles. The fraction of sp³-hybridized carbons (Fsp3) is 0.962. The van der Waals surface area contributed by atoms with Crippen molar-refractivity contribution in [3.05, 3.63) is 0 Å². The standard InChI is InChI=1S/C52H103N3O6/c1-4-7-10-13-16-17-18-24-32-47-59-50(56)36-29-25-31-42-54(43-33-38-51(57)60-48-46-55-44-39-53-40-45-55)41-30-23-19-22-28-37-52(58)61-49(34-26-20-14-11-8-5-2)35-27-21-15-12-9-6-3/h49,51,53,57H,4-48H2,1-3H3. The Hall–Kier alpha value is -1.26. The quantitative estimate of drug-likeness (QED) is 0.0352. The van der Waals surface area contributed by atoms with Crippen molar-refractivity contribution >= 4 is 11.9 Å². The number of piperazine rings is 1. The molecule has 9 heteroatoms. The Morgan fingerprint density at radius 1 is 0.525 bits per heavy atom. The summed E-state index contributed by atoms with van der Waals surface area (Å²) in [7, 11) is 0. The number of carbonyl (C=O) groups excluding carboxylic acids is 2. The van der Waals surface area contributed by atoms with Crippen LogP contribution in [0.3, 0.4) is 0 Å². The number of ether oxygens (including phenoxy) is 3. The average Bonchev–Trinajstić information content (AvgIpc) is 3.26. The van der Waals surface area contributed by atoms with Crippen LogP contribution in [0.5, 0.6) is 0 Å². The number of aliphatic hydroxyl groups excluding tert-OH is 1. The second-order valence-electron chi connectivity index (χ2n) is 18.5. The second-order valence-corrected chi connectivity index (χ2v) is 18.5. The number of rotatable bonds is 47. The van der Waals surface area contributed by atoms with Gasteiger partial charge in [-0.05, 0) is 90.3 Å². The Kier molecular flexibility index (Phi) is 42.9. The molecule has 0 bridgehead atoms. The van der Waals surface area contributed by atoms with E-state index in [1.807, 2.05) is 0 Å². The van der Waals surface area contributed by atoms with Gasteiger partial charge in [0.1, 0.15) is 6.10 Å². The van der Waals surface area contributed by atoms with Gasteiger partial charge in [-0.1, -0.05) is 162 Å². The van der Waals surface area contributed by atoms with Gasteiger partial charge in [-0.2, -0.15) is 0 Å². The molecule has 362 valence electrons. The zero-order valence-corrected chi connectivity index (χ0v) is 40.9. The van der Waals surface area contributed by atoms with Crippen molar-refractivity contribution in [1.82, 2.24) is 15.1 Å². The summed E-state index contributed by atoms with van der Waals surface area (Å²) in [6.07, 6.45) is 39.2. The number of hydrogen-bond acceptors (Lipinski definition) is 9. The maximum absolute atomic E-state index is 12.9. The second kappa shape index (κ2) is 45.3. The summed E-state index contributed by atoms with van der Waals surface area (Å²) < 4.78 is 17.4. The zero-order valence-electron chi connectivity index (χ0n) is 40.9. The lowest BCUT2D eigenvalue weighted by molar-refractivity contribution is -0.150. The van der Waals surface area contributed by atoms with E-state index in [9.17, 15) is 14.7 Å². The van der Waals surface area contributed by atoms with Crippen molar-refractivity contribution in [2.45, 2.75) is 258 Å². The first-order valence-corrected chi connectivity index (χ1v) is 26.8. The molecule has 0 aromatic carbocycles. The van der Waals surface area contributed by atoms with E-state index in [0.717, 1.165) is 136 Å². The zero-order chi connectivity index (χ0) is 44.1. The molecule has 0 saturated carbocycles. The molecule has 1 fully saturated rings. The third kappa shape index (κ3) is 40.0. The molecule has 0 spiro atoms. The van der Waals surface area contributed by atoms with Gasteiger partial charge in [0.2, 0.25) is 0 Å². The van der Waals surface area contributed by atoms with Crippen molar-refractivity contribution in [2.24, 2.45) is 0 Å². The minimum absolute atomic E-state index is 0.00942. The van der Waals surface area contributed by atoms with Crippen molar-refractivity contribution < 1.29 is 28.9 Å². The van der Waals surface area contributed by atoms with Crippen LogP contribution in [0.2, 0.25) is 0 Å². The molecule has 1 unspecified atom stereocenters. The molecular weight excluding hydrogens is 763 g/mol. The summed E-state index contributed by atoms with van der Waals surface area (Å²) in [6, 6.07) is 0. The summed E-state index contributed by atoms with van der Waals surface area (Å²) in [4.78, 5) is 30.1. The third-order valence-corrected chi connectivity index (χ3v) is 12.6. The van der Waals surface area contributed by atoms with E-state index < -0.39 is 6.29 Å². The van der Waals surface area contributed by atoms with Crippen LogP contribution in [0, 0.1) is 0 Å². The van der Waals surface area contributed by atoms with Crippen LogP contribution in [0.25, 0.3) is 0 Å². The Balaban J connectivity index is 2.35. The van der Waals surface area contributed by atoms with Gasteiger partial charge in [0, 0.05) is 45.6 Å². The number of unbranched alkanes of at least 4 members (excludes halogenated alkanes) is 24. The Morgan fingerprint density at radius 3 is 1.52 bits per heavy atom. The lowest BCUT2D eigenvalue weighted by Crippen LogP contribution is -2.44. The summed E-state index contributed by atoms with van der Waals surface area (Å²) in [5.74, 6) is -0.0352. The van der Waals surface area contributed by atoms with Crippen LogP contribution in [0.1, 0.15) is 245 Å². The first kappa shape index (κ1) is 57.8. The highest BCUT2D eigenvalue weighted by Gasteiger charge is 2.15. The van der Waals surface area contributed by atoms with Crippen molar-refractivity contribution in [3.8, 4) is 0 Å². The molecule has 61 heavy (non-hydrogen) atoms. The molecule has 1 atom stereocenters. The molecule has 9 nitrogen and oxygen atoms in total. The molecule has 1 aliphatic heterocycles. The highest BCUT2D eigenvalue weighted by molar-refractivity contribution is 5.69. The monoisotopic (exact) mass is 866 g/mol. The van der Waals surface area contributed by atoms with E-state index in [2.05, 4.69) is 35.9 Å². The van der Waals surface area contributed by atoms with Gasteiger partial charge in [-0.3, -0.25) is 14.5 Å². The lowest BCUT2D eigenvalue weighted by Gasteiger charge is -2.27. The Labute approximate surface area is 378 Å². The van der Waals surface area contributed by atoms with Gasteiger partial charge >= 0.3 is 11.9 Å². The van der Waals surface area contributed by atoms with Gasteiger partial charge < -0.3 is 29.5 Å². The molecule has 0 radical (unpaired) electrons. The van der Waals surface area contributed by atoms with Crippen LogP contribution in [0.15, 0.2) is 0 Å². The molecule has 1 heterocycles. The first-order valence-electron chi connectivity index (χ1n) is 26.8. The summed E-state index contributed by atoms with van der Waals surface area (Å²) >= 11 is 0. The molecule has 0 aromatic rings. The fourth-order valence-electron chi connectivity index (χ4n) is 8.56. The largest absolute Gasteiger partial charge is 0.466 e. The molecule has 1 aliphatic rings. The van der Waals surface area contributed by atoms with Crippen molar-refractivity contribution in [3.63, 3.8) is 0 Å².